The van der Waals surface area contributed by atoms with E-state index in [0.717, 1.165) is 35.0 Å². The molecule has 0 aliphatic rings. The van der Waals surface area contributed by atoms with Gasteiger partial charge in [-0.3, -0.25) is 0 Å². The maximum absolute atomic E-state index is 5.68. The van der Waals surface area contributed by atoms with Gasteiger partial charge in [-0.05, 0) is 48.2 Å². The van der Waals surface area contributed by atoms with Crippen LogP contribution in [0.1, 0.15) is 11.1 Å². The molecular formula is C16H16Br2O. The molecule has 0 radical (unpaired) electrons. The van der Waals surface area contributed by atoms with Crippen LogP contribution >= 0.6 is 31.9 Å². The second kappa shape index (κ2) is 7.83. The van der Waals surface area contributed by atoms with Crippen LogP contribution in [0.25, 0.3) is 0 Å². The zero-order valence-corrected chi connectivity index (χ0v) is 13.8. The minimum absolute atomic E-state index is 0.776. The molecule has 100 valence electrons. The fourth-order valence-corrected chi connectivity index (χ4v) is 2.31. The number of halogens is 2. The van der Waals surface area contributed by atoms with Crippen LogP contribution in [-0.2, 0) is 17.6 Å². The third kappa shape index (κ3) is 5.47. The highest BCUT2D eigenvalue weighted by Crippen LogP contribution is 2.12. The van der Waals surface area contributed by atoms with E-state index in [2.05, 4.69) is 80.4 Å². The SMILES string of the molecule is Brc1ccc(CCOCCc2ccc(Br)cc2)cc1. The van der Waals surface area contributed by atoms with Gasteiger partial charge in [0.2, 0.25) is 0 Å². The van der Waals surface area contributed by atoms with E-state index in [1.54, 1.807) is 0 Å². The molecule has 0 atom stereocenters. The number of hydrogen-bond acceptors (Lipinski definition) is 1. The van der Waals surface area contributed by atoms with Crippen molar-refractivity contribution < 1.29 is 4.74 Å². The summed E-state index contributed by atoms with van der Waals surface area (Å²) in [5.74, 6) is 0. The molecule has 0 spiro atoms. The van der Waals surface area contributed by atoms with Crippen molar-refractivity contribution in [1.29, 1.82) is 0 Å². The average Bonchev–Trinajstić information content (AvgIpc) is 2.43. The van der Waals surface area contributed by atoms with Crippen molar-refractivity contribution in [3.8, 4) is 0 Å². The molecule has 0 aliphatic heterocycles. The first-order valence-electron chi connectivity index (χ1n) is 6.31. The summed E-state index contributed by atoms with van der Waals surface area (Å²) in [5, 5.41) is 0. The molecule has 1 nitrogen and oxygen atoms in total. The predicted molar refractivity (Wildman–Crippen MR) is 86.5 cm³/mol. The summed E-state index contributed by atoms with van der Waals surface area (Å²) in [7, 11) is 0. The van der Waals surface area contributed by atoms with Gasteiger partial charge in [-0.2, -0.15) is 0 Å². The van der Waals surface area contributed by atoms with Crippen molar-refractivity contribution in [2.45, 2.75) is 12.8 Å². The summed E-state index contributed by atoms with van der Waals surface area (Å²) in [6, 6.07) is 16.8. The Kier molecular flexibility index (Phi) is 6.08. The molecule has 0 bridgehead atoms. The summed E-state index contributed by atoms with van der Waals surface area (Å²) < 4.78 is 7.91. The first kappa shape index (κ1) is 14.8. The molecule has 0 saturated heterocycles. The maximum atomic E-state index is 5.68. The molecule has 0 heterocycles. The van der Waals surface area contributed by atoms with E-state index >= 15 is 0 Å². The molecule has 0 unspecified atom stereocenters. The van der Waals surface area contributed by atoms with E-state index in [4.69, 9.17) is 4.74 Å². The molecule has 3 heteroatoms. The molecule has 0 fully saturated rings. The quantitative estimate of drug-likeness (QED) is 0.636. The van der Waals surface area contributed by atoms with Crippen LogP contribution in [0, 0.1) is 0 Å². The molecule has 2 aromatic carbocycles. The molecule has 0 saturated carbocycles. The zero-order chi connectivity index (χ0) is 13.5. The van der Waals surface area contributed by atoms with Crippen molar-refractivity contribution in [3.05, 3.63) is 68.6 Å². The van der Waals surface area contributed by atoms with Crippen molar-refractivity contribution in [2.75, 3.05) is 13.2 Å². The van der Waals surface area contributed by atoms with Crippen LogP contribution in [0.3, 0.4) is 0 Å². The van der Waals surface area contributed by atoms with E-state index in [9.17, 15) is 0 Å². The smallest absolute Gasteiger partial charge is 0.0506 e. The highest BCUT2D eigenvalue weighted by Gasteiger charge is 1.96. The lowest BCUT2D eigenvalue weighted by atomic mass is 10.1. The number of rotatable bonds is 6. The summed E-state index contributed by atoms with van der Waals surface area (Å²) in [4.78, 5) is 0. The molecule has 19 heavy (non-hydrogen) atoms. The van der Waals surface area contributed by atoms with Crippen molar-refractivity contribution in [2.24, 2.45) is 0 Å². The third-order valence-electron chi connectivity index (χ3n) is 2.90. The minimum Gasteiger partial charge on any atom is -0.381 e. The largest absolute Gasteiger partial charge is 0.381 e. The lowest BCUT2D eigenvalue weighted by molar-refractivity contribution is 0.140. The Morgan fingerprint density at radius 3 is 1.37 bits per heavy atom. The number of benzene rings is 2. The van der Waals surface area contributed by atoms with Gasteiger partial charge in [0.05, 0.1) is 13.2 Å². The standard InChI is InChI=1S/C16H16Br2O/c17-15-5-1-13(2-6-15)9-11-19-12-10-14-3-7-16(18)8-4-14/h1-8H,9-12H2. The van der Waals surface area contributed by atoms with E-state index in [0.29, 0.717) is 0 Å². The van der Waals surface area contributed by atoms with Crippen molar-refractivity contribution in [1.82, 2.24) is 0 Å². The topological polar surface area (TPSA) is 9.23 Å². The molecule has 0 aromatic heterocycles. The molecule has 0 aliphatic carbocycles. The van der Waals surface area contributed by atoms with Crippen LogP contribution in [0.5, 0.6) is 0 Å². The lowest BCUT2D eigenvalue weighted by Gasteiger charge is -2.05. The summed E-state index contributed by atoms with van der Waals surface area (Å²) in [5.41, 5.74) is 2.62. The Balaban J connectivity index is 1.64. The second-order valence-electron chi connectivity index (χ2n) is 4.37. The van der Waals surface area contributed by atoms with Gasteiger partial charge >= 0.3 is 0 Å². The minimum atomic E-state index is 0.776. The van der Waals surface area contributed by atoms with Gasteiger partial charge in [-0.15, -0.1) is 0 Å². The Bertz CT molecular complexity index is 444. The lowest BCUT2D eigenvalue weighted by Crippen LogP contribution is -2.02. The fraction of sp³-hybridized carbons (Fsp3) is 0.250. The zero-order valence-electron chi connectivity index (χ0n) is 10.6. The Morgan fingerprint density at radius 1 is 0.632 bits per heavy atom. The van der Waals surface area contributed by atoms with Crippen molar-refractivity contribution >= 4 is 31.9 Å². The number of hydrogen-bond donors (Lipinski definition) is 0. The Hall–Kier alpha value is -0.640. The Morgan fingerprint density at radius 2 is 1.00 bits per heavy atom. The first-order chi connectivity index (χ1) is 9.24. The molecule has 2 rings (SSSR count). The monoisotopic (exact) mass is 382 g/mol. The van der Waals surface area contributed by atoms with Gasteiger partial charge in [0.15, 0.2) is 0 Å². The van der Waals surface area contributed by atoms with Gasteiger partial charge in [0, 0.05) is 8.95 Å². The second-order valence-corrected chi connectivity index (χ2v) is 6.20. The highest BCUT2D eigenvalue weighted by atomic mass is 79.9. The highest BCUT2D eigenvalue weighted by molar-refractivity contribution is 9.10. The summed E-state index contributed by atoms with van der Waals surface area (Å²) >= 11 is 6.87. The number of ether oxygens (including phenoxy) is 1. The van der Waals surface area contributed by atoms with Crippen LogP contribution < -0.4 is 0 Å². The summed E-state index contributed by atoms with van der Waals surface area (Å²) in [6.07, 6.45) is 1.93. The fourth-order valence-electron chi connectivity index (χ4n) is 1.78. The average molecular weight is 384 g/mol. The predicted octanol–water partition coefficient (Wildman–Crippen LogP) is 5.01. The van der Waals surface area contributed by atoms with Gasteiger partial charge < -0.3 is 4.74 Å². The van der Waals surface area contributed by atoms with Crippen LogP contribution in [0.15, 0.2) is 57.5 Å². The van der Waals surface area contributed by atoms with E-state index in [1.807, 2.05) is 0 Å². The maximum Gasteiger partial charge on any atom is 0.0506 e. The molecule has 0 N–H and O–H groups in total. The van der Waals surface area contributed by atoms with Crippen LogP contribution in [0.2, 0.25) is 0 Å². The van der Waals surface area contributed by atoms with E-state index in [1.165, 1.54) is 11.1 Å². The molecule has 0 amide bonds. The Labute approximate surface area is 131 Å². The van der Waals surface area contributed by atoms with Gasteiger partial charge in [0.25, 0.3) is 0 Å². The molecule has 2 aromatic rings. The summed E-state index contributed by atoms with van der Waals surface area (Å²) in [6.45, 7) is 1.55. The molecular weight excluding hydrogens is 368 g/mol. The van der Waals surface area contributed by atoms with Gasteiger partial charge in [-0.25, -0.2) is 0 Å². The van der Waals surface area contributed by atoms with E-state index < -0.39 is 0 Å². The van der Waals surface area contributed by atoms with Crippen molar-refractivity contribution in [3.63, 3.8) is 0 Å². The van der Waals surface area contributed by atoms with Gasteiger partial charge in [-0.1, -0.05) is 56.1 Å². The van der Waals surface area contributed by atoms with Gasteiger partial charge in [0.1, 0.15) is 0 Å². The van der Waals surface area contributed by atoms with Crippen LogP contribution in [-0.4, -0.2) is 13.2 Å². The van der Waals surface area contributed by atoms with Crippen LogP contribution in [0.4, 0.5) is 0 Å². The van der Waals surface area contributed by atoms with E-state index in [-0.39, 0.29) is 0 Å². The first-order valence-corrected chi connectivity index (χ1v) is 7.89. The normalized spacial score (nSPS) is 10.6. The third-order valence-corrected chi connectivity index (χ3v) is 3.95.